The Morgan fingerprint density at radius 3 is 2.42 bits per heavy atom. The van der Waals surface area contributed by atoms with Crippen LogP contribution in [0.1, 0.15) is 19.3 Å². The SMILES string of the molecule is O=C(O)CCCCSSCCO. The Morgan fingerprint density at radius 2 is 1.83 bits per heavy atom. The van der Waals surface area contributed by atoms with Gasteiger partial charge in [-0.15, -0.1) is 0 Å². The minimum atomic E-state index is -0.719. The van der Waals surface area contributed by atoms with Crippen LogP contribution in [-0.4, -0.2) is 34.3 Å². The maximum Gasteiger partial charge on any atom is 0.303 e. The third kappa shape index (κ3) is 10.1. The zero-order valence-corrected chi connectivity index (χ0v) is 8.49. The van der Waals surface area contributed by atoms with Gasteiger partial charge in [0.2, 0.25) is 0 Å². The molecule has 0 radical (unpaired) electrons. The van der Waals surface area contributed by atoms with Crippen LogP contribution < -0.4 is 0 Å². The Kier molecular flexibility index (Phi) is 9.32. The molecular formula is C7H14O3S2. The lowest BCUT2D eigenvalue weighted by Gasteiger charge is -1.97. The number of carboxylic acid groups (broad SMARTS) is 1. The molecule has 0 spiro atoms. The van der Waals surface area contributed by atoms with E-state index < -0.39 is 5.97 Å². The van der Waals surface area contributed by atoms with Gasteiger partial charge in [0.1, 0.15) is 0 Å². The first kappa shape index (κ1) is 12.1. The molecule has 0 amide bonds. The van der Waals surface area contributed by atoms with E-state index in [0.29, 0.717) is 0 Å². The third-order valence-corrected chi connectivity index (χ3v) is 3.60. The van der Waals surface area contributed by atoms with E-state index >= 15 is 0 Å². The van der Waals surface area contributed by atoms with Gasteiger partial charge in [-0.05, 0) is 12.8 Å². The molecule has 0 heterocycles. The quantitative estimate of drug-likeness (QED) is 0.471. The molecule has 0 saturated heterocycles. The van der Waals surface area contributed by atoms with Crippen molar-refractivity contribution in [1.82, 2.24) is 0 Å². The largest absolute Gasteiger partial charge is 0.481 e. The number of hydrogen-bond acceptors (Lipinski definition) is 4. The summed E-state index contributed by atoms with van der Waals surface area (Å²) in [6, 6.07) is 0. The molecule has 0 bridgehead atoms. The summed E-state index contributed by atoms with van der Waals surface area (Å²) in [7, 11) is 3.32. The van der Waals surface area contributed by atoms with Crippen molar-refractivity contribution in [1.29, 1.82) is 0 Å². The van der Waals surface area contributed by atoms with Gasteiger partial charge in [0, 0.05) is 17.9 Å². The standard InChI is InChI=1S/C7H14O3S2/c8-4-6-12-11-5-2-1-3-7(9)10/h8H,1-6H2,(H,9,10). The van der Waals surface area contributed by atoms with E-state index in [1.807, 2.05) is 0 Å². The van der Waals surface area contributed by atoms with E-state index in [4.69, 9.17) is 10.2 Å². The molecule has 0 aliphatic rings. The van der Waals surface area contributed by atoms with E-state index in [-0.39, 0.29) is 13.0 Å². The van der Waals surface area contributed by atoms with Gasteiger partial charge in [-0.2, -0.15) is 0 Å². The van der Waals surface area contributed by atoms with Crippen molar-refractivity contribution in [3.8, 4) is 0 Å². The normalized spacial score (nSPS) is 10.1. The molecular weight excluding hydrogens is 196 g/mol. The third-order valence-electron chi connectivity index (χ3n) is 1.13. The fourth-order valence-electron chi connectivity index (χ4n) is 0.592. The van der Waals surface area contributed by atoms with E-state index in [0.717, 1.165) is 24.3 Å². The fraction of sp³-hybridized carbons (Fsp3) is 0.857. The molecule has 0 aliphatic heterocycles. The lowest BCUT2D eigenvalue weighted by molar-refractivity contribution is -0.137. The summed E-state index contributed by atoms with van der Waals surface area (Å²) >= 11 is 0. The second-order valence-electron chi connectivity index (χ2n) is 2.22. The first-order chi connectivity index (χ1) is 5.77. The summed E-state index contributed by atoms with van der Waals surface area (Å²) in [5.41, 5.74) is 0. The van der Waals surface area contributed by atoms with Gasteiger partial charge in [0.25, 0.3) is 0 Å². The Balaban J connectivity index is 2.86. The van der Waals surface area contributed by atoms with Crippen LogP contribution in [0.4, 0.5) is 0 Å². The summed E-state index contributed by atoms with van der Waals surface area (Å²) < 4.78 is 0. The number of aliphatic hydroxyl groups is 1. The Morgan fingerprint density at radius 1 is 1.17 bits per heavy atom. The molecule has 5 heteroatoms. The lowest BCUT2D eigenvalue weighted by Crippen LogP contribution is -1.94. The van der Waals surface area contributed by atoms with Gasteiger partial charge < -0.3 is 10.2 Å². The van der Waals surface area contributed by atoms with Crippen LogP contribution in [0.25, 0.3) is 0 Å². The van der Waals surface area contributed by atoms with Gasteiger partial charge in [-0.1, -0.05) is 21.6 Å². The average Bonchev–Trinajstić information content (AvgIpc) is 2.02. The van der Waals surface area contributed by atoms with Gasteiger partial charge in [-0.25, -0.2) is 0 Å². The topological polar surface area (TPSA) is 57.5 Å². The van der Waals surface area contributed by atoms with E-state index in [2.05, 4.69) is 0 Å². The van der Waals surface area contributed by atoms with Crippen LogP contribution in [0.15, 0.2) is 0 Å². The Bertz CT molecular complexity index is 119. The minimum absolute atomic E-state index is 0.215. The zero-order chi connectivity index (χ0) is 9.23. The highest BCUT2D eigenvalue weighted by molar-refractivity contribution is 8.76. The average molecular weight is 210 g/mol. The predicted molar refractivity (Wildman–Crippen MR) is 53.5 cm³/mol. The monoisotopic (exact) mass is 210 g/mol. The van der Waals surface area contributed by atoms with Gasteiger partial charge in [0.15, 0.2) is 0 Å². The molecule has 3 nitrogen and oxygen atoms in total. The summed E-state index contributed by atoms with van der Waals surface area (Å²) in [6.45, 7) is 0.215. The Labute approximate surface area is 80.3 Å². The number of hydrogen-bond donors (Lipinski definition) is 2. The van der Waals surface area contributed by atoms with Crippen molar-refractivity contribution >= 4 is 27.6 Å². The Hall–Kier alpha value is 0.130. The van der Waals surface area contributed by atoms with Crippen LogP contribution in [0.3, 0.4) is 0 Å². The molecule has 0 fully saturated rings. The summed E-state index contributed by atoms with van der Waals surface area (Å²) in [6.07, 6.45) is 1.96. The maximum absolute atomic E-state index is 10.1. The first-order valence-electron chi connectivity index (χ1n) is 3.84. The van der Waals surface area contributed by atoms with Gasteiger partial charge >= 0.3 is 5.97 Å². The first-order valence-corrected chi connectivity index (χ1v) is 6.33. The van der Waals surface area contributed by atoms with Crippen molar-refractivity contribution in [3.63, 3.8) is 0 Å². The van der Waals surface area contributed by atoms with Gasteiger partial charge in [-0.3, -0.25) is 4.79 Å². The molecule has 0 saturated carbocycles. The van der Waals surface area contributed by atoms with Gasteiger partial charge in [0.05, 0.1) is 6.61 Å². The van der Waals surface area contributed by atoms with Crippen LogP contribution >= 0.6 is 21.6 Å². The molecule has 72 valence electrons. The smallest absolute Gasteiger partial charge is 0.303 e. The molecule has 0 atom stereocenters. The number of aliphatic carboxylic acids is 1. The molecule has 0 aromatic carbocycles. The highest BCUT2D eigenvalue weighted by atomic mass is 33.1. The fourth-order valence-corrected chi connectivity index (χ4v) is 2.51. The van der Waals surface area contributed by atoms with Crippen LogP contribution in [0, 0.1) is 0 Å². The molecule has 0 aromatic heterocycles. The van der Waals surface area contributed by atoms with Crippen molar-refractivity contribution in [2.75, 3.05) is 18.1 Å². The molecule has 12 heavy (non-hydrogen) atoms. The second kappa shape index (κ2) is 9.22. The van der Waals surface area contributed by atoms with Crippen molar-refractivity contribution in [2.24, 2.45) is 0 Å². The van der Waals surface area contributed by atoms with E-state index in [1.54, 1.807) is 21.6 Å². The lowest BCUT2D eigenvalue weighted by atomic mass is 10.3. The highest BCUT2D eigenvalue weighted by Crippen LogP contribution is 2.21. The second-order valence-corrected chi connectivity index (χ2v) is 4.92. The molecule has 0 aliphatic carbocycles. The van der Waals surface area contributed by atoms with Crippen LogP contribution in [0.2, 0.25) is 0 Å². The zero-order valence-electron chi connectivity index (χ0n) is 6.86. The number of carboxylic acids is 1. The summed E-state index contributed by atoms with van der Waals surface area (Å²) in [4.78, 5) is 10.1. The molecule has 0 aromatic rings. The van der Waals surface area contributed by atoms with E-state index in [9.17, 15) is 4.79 Å². The number of unbranched alkanes of at least 4 members (excludes halogenated alkanes) is 1. The highest BCUT2D eigenvalue weighted by Gasteiger charge is 1.96. The van der Waals surface area contributed by atoms with Crippen molar-refractivity contribution < 1.29 is 15.0 Å². The van der Waals surface area contributed by atoms with Crippen LogP contribution in [-0.2, 0) is 4.79 Å². The minimum Gasteiger partial charge on any atom is -0.481 e. The molecule has 0 rings (SSSR count). The maximum atomic E-state index is 10.1. The number of aliphatic hydroxyl groups excluding tert-OH is 1. The number of rotatable bonds is 8. The summed E-state index contributed by atoms with van der Waals surface area (Å²) in [5.74, 6) is 1.00. The summed E-state index contributed by atoms with van der Waals surface area (Å²) in [5, 5.41) is 16.7. The van der Waals surface area contributed by atoms with Crippen LogP contribution in [0.5, 0.6) is 0 Å². The number of carbonyl (C=O) groups is 1. The molecule has 2 N–H and O–H groups in total. The van der Waals surface area contributed by atoms with Crippen molar-refractivity contribution in [3.05, 3.63) is 0 Å². The predicted octanol–water partition coefficient (Wildman–Crippen LogP) is 1.61. The molecule has 0 unspecified atom stereocenters. The van der Waals surface area contributed by atoms with Crippen molar-refractivity contribution in [2.45, 2.75) is 19.3 Å². The van der Waals surface area contributed by atoms with E-state index in [1.165, 1.54) is 0 Å².